The molecule has 0 amide bonds. The molecule has 0 bridgehead atoms. The number of aryl methyl sites for hydroxylation is 1. The third-order valence-corrected chi connectivity index (χ3v) is 8.10. The van der Waals surface area contributed by atoms with Crippen molar-refractivity contribution >= 4 is 54.0 Å². The van der Waals surface area contributed by atoms with Gasteiger partial charge in [-0.05, 0) is 42.8 Å². The van der Waals surface area contributed by atoms with Gasteiger partial charge in [0.25, 0.3) is 0 Å². The van der Waals surface area contributed by atoms with Crippen LogP contribution in [0, 0.1) is 6.92 Å². The Morgan fingerprint density at radius 1 is 1.00 bits per heavy atom. The normalized spacial score (nSPS) is 14.9. The van der Waals surface area contributed by atoms with Crippen molar-refractivity contribution in [3.63, 3.8) is 0 Å². The molecule has 1 saturated heterocycles. The summed E-state index contributed by atoms with van der Waals surface area (Å²) in [4.78, 5) is 14.3. The van der Waals surface area contributed by atoms with Gasteiger partial charge in [0.05, 0.1) is 18.1 Å². The van der Waals surface area contributed by atoms with E-state index in [1.54, 1.807) is 24.3 Å². The molecule has 2 aromatic heterocycles. The number of morpholine rings is 1. The van der Waals surface area contributed by atoms with Crippen molar-refractivity contribution in [3.05, 3.63) is 60.4 Å². The van der Waals surface area contributed by atoms with Crippen LogP contribution in [0.1, 0.15) is 5.56 Å². The van der Waals surface area contributed by atoms with Gasteiger partial charge < -0.3 is 15.4 Å². The third-order valence-electron chi connectivity index (χ3n) is 5.31. The minimum absolute atomic E-state index is 0.251. The van der Waals surface area contributed by atoms with Crippen LogP contribution in [0.2, 0.25) is 0 Å². The Bertz CT molecular complexity index is 1380. The summed E-state index contributed by atoms with van der Waals surface area (Å²) in [6, 6.07) is 14.6. The van der Waals surface area contributed by atoms with Crippen LogP contribution in [0.15, 0.2) is 59.8 Å². The van der Waals surface area contributed by atoms with E-state index in [1.165, 1.54) is 22.0 Å². The maximum Gasteiger partial charge on any atom is 0.243 e. The number of hydrogen-bond donors (Lipinski definition) is 2. The van der Waals surface area contributed by atoms with Crippen LogP contribution in [0.4, 0.5) is 22.3 Å². The molecule has 4 aromatic rings. The minimum atomic E-state index is -3.54. The minimum Gasteiger partial charge on any atom is -0.379 e. The van der Waals surface area contributed by atoms with Gasteiger partial charge in [0.2, 0.25) is 10.0 Å². The van der Waals surface area contributed by atoms with Gasteiger partial charge in [-0.3, -0.25) is 0 Å². The fraction of sp³-hybridized carbons (Fsp3) is 0.227. The lowest BCUT2D eigenvalue weighted by Crippen LogP contribution is -2.40. The van der Waals surface area contributed by atoms with E-state index in [0.717, 1.165) is 21.2 Å². The van der Waals surface area contributed by atoms with E-state index in [4.69, 9.17) is 4.74 Å². The number of rotatable bonds is 6. The van der Waals surface area contributed by atoms with Gasteiger partial charge in [0, 0.05) is 24.5 Å². The molecule has 1 aliphatic heterocycles. The Balaban J connectivity index is 1.37. The van der Waals surface area contributed by atoms with E-state index in [2.05, 4.69) is 25.6 Å². The standard InChI is InChI=1S/C22H22N6O3S2/c1-15-4-2-3-5-18(15)26-22-27-19-20(23-14-24-21(19)32-22)25-16-6-8-17(9-7-16)33(29,30)28-10-12-31-13-11-28/h2-9,14H,10-13H2,1H3,(H,26,27)(H,23,24,25). The summed E-state index contributed by atoms with van der Waals surface area (Å²) >= 11 is 1.44. The smallest absolute Gasteiger partial charge is 0.243 e. The first kappa shape index (κ1) is 21.7. The summed E-state index contributed by atoms with van der Waals surface area (Å²) in [6.07, 6.45) is 1.48. The molecule has 2 aromatic carbocycles. The largest absolute Gasteiger partial charge is 0.379 e. The molecule has 3 heterocycles. The van der Waals surface area contributed by atoms with Crippen molar-refractivity contribution in [2.24, 2.45) is 0 Å². The van der Waals surface area contributed by atoms with E-state index in [0.29, 0.717) is 43.3 Å². The number of fused-ring (bicyclic) bond motifs is 1. The SMILES string of the molecule is Cc1ccccc1Nc1nc2c(Nc3ccc(S(=O)(=O)N4CCOCC4)cc3)ncnc2s1. The Morgan fingerprint density at radius 2 is 1.76 bits per heavy atom. The first-order valence-electron chi connectivity index (χ1n) is 10.4. The van der Waals surface area contributed by atoms with Crippen LogP contribution < -0.4 is 10.6 Å². The maximum absolute atomic E-state index is 12.8. The Kier molecular flexibility index (Phi) is 5.94. The molecule has 5 rings (SSSR count). The van der Waals surface area contributed by atoms with Crippen molar-refractivity contribution in [1.29, 1.82) is 0 Å². The van der Waals surface area contributed by atoms with E-state index < -0.39 is 10.0 Å². The van der Waals surface area contributed by atoms with Gasteiger partial charge in [-0.25, -0.2) is 23.4 Å². The molecule has 2 N–H and O–H groups in total. The monoisotopic (exact) mass is 482 g/mol. The van der Waals surface area contributed by atoms with Crippen molar-refractivity contribution in [2.75, 3.05) is 36.9 Å². The number of para-hydroxylation sites is 1. The lowest BCUT2D eigenvalue weighted by atomic mass is 10.2. The van der Waals surface area contributed by atoms with E-state index >= 15 is 0 Å². The number of thiazole rings is 1. The molecule has 0 radical (unpaired) electrons. The highest BCUT2D eigenvalue weighted by atomic mass is 32.2. The number of anilines is 4. The van der Waals surface area contributed by atoms with E-state index in [1.807, 2.05) is 31.2 Å². The molecule has 33 heavy (non-hydrogen) atoms. The summed E-state index contributed by atoms with van der Waals surface area (Å²) < 4.78 is 32.3. The topological polar surface area (TPSA) is 109 Å². The molecule has 0 atom stereocenters. The summed E-state index contributed by atoms with van der Waals surface area (Å²) in [5.41, 5.74) is 3.45. The van der Waals surface area contributed by atoms with E-state index in [-0.39, 0.29) is 4.90 Å². The molecule has 1 aliphatic rings. The molecular weight excluding hydrogens is 460 g/mol. The van der Waals surface area contributed by atoms with Gasteiger partial charge in [-0.15, -0.1) is 0 Å². The number of sulfonamides is 1. The summed E-state index contributed by atoms with van der Waals surface area (Å²) in [7, 11) is -3.54. The highest BCUT2D eigenvalue weighted by Gasteiger charge is 2.26. The Labute approximate surface area is 195 Å². The molecule has 0 saturated carbocycles. The van der Waals surface area contributed by atoms with E-state index in [9.17, 15) is 8.42 Å². The summed E-state index contributed by atoms with van der Waals surface area (Å²) in [5.74, 6) is 0.554. The number of benzene rings is 2. The molecule has 0 unspecified atom stereocenters. The van der Waals surface area contributed by atoms with Crippen LogP contribution in [0.25, 0.3) is 10.3 Å². The lowest BCUT2D eigenvalue weighted by Gasteiger charge is -2.26. The molecular formula is C22H22N6O3S2. The molecule has 170 valence electrons. The second-order valence-electron chi connectivity index (χ2n) is 7.50. The molecule has 0 aliphatic carbocycles. The van der Waals surface area contributed by atoms with Crippen molar-refractivity contribution < 1.29 is 13.2 Å². The number of ether oxygens (including phenoxy) is 1. The highest BCUT2D eigenvalue weighted by Crippen LogP contribution is 2.32. The maximum atomic E-state index is 12.8. The van der Waals surface area contributed by atoms with Crippen LogP contribution in [-0.4, -0.2) is 54.0 Å². The Hall–Kier alpha value is -3.12. The zero-order chi connectivity index (χ0) is 22.8. The number of nitrogens with zero attached hydrogens (tertiary/aromatic N) is 4. The van der Waals surface area contributed by atoms with Gasteiger partial charge in [-0.2, -0.15) is 4.31 Å². The highest BCUT2D eigenvalue weighted by molar-refractivity contribution is 7.89. The second kappa shape index (κ2) is 9.02. The van der Waals surface area contributed by atoms with Gasteiger partial charge in [0.15, 0.2) is 15.8 Å². The molecule has 9 nitrogen and oxygen atoms in total. The predicted octanol–water partition coefficient (Wildman–Crippen LogP) is 3.90. The van der Waals surface area contributed by atoms with Crippen LogP contribution in [0.3, 0.4) is 0 Å². The molecule has 1 fully saturated rings. The second-order valence-corrected chi connectivity index (χ2v) is 10.4. The van der Waals surface area contributed by atoms with Crippen LogP contribution in [0.5, 0.6) is 0 Å². The molecule has 11 heteroatoms. The number of aromatic nitrogens is 3. The zero-order valence-electron chi connectivity index (χ0n) is 17.9. The molecule has 0 spiro atoms. The fourth-order valence-electron chi connectivity index (χ4n) is 3.51. The number of hydrogen-bond acceptors (Lipinski definition) is 9. The summed E-state index contributed by atoms with van der Waals surface area (Å²) in [5, 5.41) is 7.29. The van der Waals surface area contributed by atoms with Crippen molar-refractivity contribution in [3.8, 4) is 0 Å². The zero-order valence-corrected chi connectivity index (χ0v) is 19.5. The van der Waals surface area contributed by atoms with Crippen LogP contribution >= 0.6 is 11.3 Å². The average Bonchev–Trinajstić information content (AvgIpc) is 3.25. The Morgan fingerprint density at radius 3 is 2.52 bits per heavy atom. The average molecular weight is 483 g/mol. The van der Waals surface area contributed by atoms with Gasteiger partial charge >= 0.3 is 0 Å². The van der Waals surface area contributed by atoms with Gasteiger partial charge in [-0.1, -0.05) is 29.5 Å². The van der Waals surface area contributed by atoms with Gasteiger partial charge in [0.1, 0.15) is 11.8 Å². The first-order valence-corrected chi connectivity index (χ1v) is 12.7. The quantitative estimate of drug-likeness (QED) is 0.426. The summed E-state index contributed by atoms with van der Waals surface area (Å²) in [6.45, 7) is 3.59. The number of nitrogens with one attached hydrogen (secondary N) is 2. The fourth-order valence-corrected chi connectivity index (χ4v) is 5.74. The predicted molar refractivity (Wildman–Crippen MR) is 129 cm³/mol. The lowest BCUT2D eigenvalue weighted by molar-refractivity contribution is 0.0730. The van der Waals surface area contributed by atoms with Crippen molar-refractivity contribution in [1.82, 2.24) is 19.3 Å². The van der Waals surface area contributed by atoms with Crippen molar-refractivity contribution in [2.45, 2.75) is 11.8 Å². The van der Waals surface area contributed by atoms with Crippen LogP contribution in [-0.2, 0) is 14.8 Å². The third kappa shape index (κ3) is 4.53. The first-order chi connectivity index (χ1) is 16.0.